The Morgan fingerprint density at radius 1 is 0.441 bits per heavy atom. The van der Waals surface area contributed by atoms with Gasteiger partial charge in [0.2, 0.25) is 0 Å². The van der Waals surface area contributed by atoms with Gasteiger partial charge in [0.1, 0.15) is 5.75 Å². The van der Waals surface area contributed by atoms with E-state index in [-0.39, 0.29) is 12.2 Å². The van der Waals surface area contributed by atoms with Crippen LogP contribution in [0.15, 0.2) is 72.8 Å². The van der Waals surface area contributed by atoms with Gasteiger partial charge in [-0.1, -0.05) is 292 Å². The van der Waals surface area contributed by atoms with Crippen LogP contribution >= 0.6 is 7.60 Å². The second kappa shape index (κ2) is 37.4. The molecular formula is C63H105O4P. The van der Waals surface area contributed by atoms with Gasteiger partial charge >= 0.3 is 7.60 Å². The first-order valence-electron chi connectivity index (χ1n) is 29.0. The number of aromatic hydroxyl groups is 1. The lowest BCUT2D eigenvalue weighted by atomic mass is 9.91. The van der Waals surface area contributed by atoms with Crippen LogP contribution in [0, 0.1) is 0 Å². The van der Waals surface area contributed by atoms with Crippen molar-refractivity contribution in [2.45, 2.75) is 290 Å². The summed E-state index contributed by atoms with van der Waals surface area (Å²) in [5.41, 5.74) is 4.81. The molecule has 386 valence electrons. The molecule has 0 saturated carbocycles. The first-order chi connectivity index (χ1) is 33.1. The fraction of sp³-hybridized carbons (Fsp3) is 0.714. The monoisotopic (exact) mass is 957 g/mol. The molecular weight excluding hydrogens is 852 g/mol. The standard InChI is InChI=1S/C63H105O4P/c1-7-9-11-13-15-17-19-21-23-25-27-29-31-33-35-39-45-55(3)66-68(65,67-56(4)46-40-36-34-32-30-28-26-24-22-20-18-16-14-12-10-8-2)63(5,6)61-53-59(51-57-47-41-37-42-48-57)62(64)60(54-61)52-58-49-43-38-44-50-58/h37-38,41-44,47-50,53-56,64H,7-36,39-40,45-46,51-52H2,1-6H3. The van der Waals surface area contributed by atoms with Gasteiger partial charge in [0.25, 0.3) is 0 Å². The smallest absolute Gasteiger partial charge is 0.341 e. The van der Waals surface area contributed by atoms with Gasteiger partial charge in [-0.15, -0.1) is 0 Å². The van der Waals surface area contributed by atoms with Crippen molar-refractivity contribution < 1.29 is 18.7 Å². The zero-order chi connectivity index (χ0) is 49.0. The number of hydrogen-bond acceptors (Lipinski definition) is 4. The second-order valence-corrected chi connectivity index (χ2v) is 24.1. The van der Waals surface area contributed by atoms with Crippen molar-refractivity contribution in [3.05, 3.63) is 101 Å². The van der Waals surface area contributed by atoms with E-state index < -0.39 is 12.8 Å². The van der Waals surface area contributed by atoms with E-state index in [1.54, 1.807) is 0 Å². The summed E-state index contributed by atoms with van der Waals surface area (Å²) >= 11 is 0. The highest BCUT2D eigenvalue weighted by Crippen LogP contribution is 2.66. The third kappa shape index (κ3) is 25.6. The van der Waals surface area contributed by atoms with E-state index in [0.717, 1.165) is 53.5 Å². The van der Waals surface area contributed by atoms with Crippen LogP contribution in [0.5, 0.6) is 5.75 Å². The summed E-state index contributed by atoms with van der Waals surface area (Å²) in [6, 6.07) is 24.8. The molecule has 0 aliphatic rings. The Balaban J connectivity index is 1.58. The van der Waals surface area contributed by atoms with Gasteiger partial charge in [-0.2, -0.15) is 0 Å². The highest BCUT2D eigenvalue weighted by atomic mass is 31.2. The SMILES string of the molecule is CCCCCCCCCCCCCCCCCCC(C)OP(=O)(OC(C)CCCCCCCCCCCCCCCCCC)C(C)(C)c1cc(Cc2ccccc2)c(O)c(Cc2ccccc2)c1. The molecule has 0 bridgehead atoms. The molecule has 3 aromatic rings. The van der Waals surface area contributed by atoms with Gasteiger partial charge < -0.3 is 14.2 Å². The quantitative estimate of drug-likeness (QED) is 0.0453. The predicted molar refractivity (Wildman–Crippen MR) is 297 cm³/mol. The molecule has 0 fully saturated rings. The Morgan fingerprint density at radius 2 is 0.706 bits per heavy atom. The molecule has 68 heavy (non-hydrogen) atoms. The van der Waals surface area contributed by atoms with E-state index >= 15 is 4.57 Å². The fourth-order valence-electron chi connectivity index (χ4n) is 10.00. The number of phenols is 1. The molecule has 2 unspecified atom stereocenters. The van der Waals surface area contributed by atoms with E-state index in [1.807, 2.05) is 50.2 Å². The number of rotatable bonds is 44. The van der Waals surface area contributed by atoms with Crippen molar-refractivity contribution in [3.8, 4) is 5.75 Å². The Kier molecular flexibility index (Phi) is 33.0. The van der Waals surface area contributed by atoms with Crippen molar-refractivity contribution in [2.24, 2.45) is 0 Å². The molecule has 3 aromatic carbocycles. The first-order valence-corrected chi connectivity index (χ1v) is 30.5. The van der Waals surface area contributed by atoms with Gasteiger partial charge in [-0.05, 0) is 68.4 Å². The summed E-state index contributed by atoms with van der Waals surface area (Å²) in [5.74, 6) is 0.308. The summed E-state index contributed by atoms with van der Waals surface area (Å²) in [6.07, 6.45) is 45.5. The van der Waals surface area contributed by atoms with Crippen LogP contribution in [0.3, 0.4) is 0 Å². The lowest BCUT2D eigenvalue weighted by Crippen LogP contribution is -2.26. The third-order valence-corrected chi connectivity index (χ3v) is 17.6. The minimum atomic E-state index is -3.74. The van der Waals surface area contributed by atoms with Gasteiger partial charge in [0, 0.05) is 12.8 Å². The van der Waals surface area contributed by atoms with Crippen LogP contribution in [0.4, 0.5) is 0 Å². The third-order valence-electron chi connectivity index (χ3n) is 14.7. The molecule has 4 nitrogen and oxygen atoms in total. The second-order valence-electron chi connectivity index (χ2n) is 21.5. The molecule has 3 rings (SSSR count). The summed E-state index contributed by atoms with van der Waals surface area (Å²) in [7, 11) is -3.74. The number of benzene rings is 3. The summed E-state index contributed by atoms with van der Waals surface area (Å²) < 4.78 is 29.3. The summed E-state index contributed by atoms with van der Waals surface area (Å²) in [5, 5.41) is 10.8. The van der Waals surface area contributed by atoms with E-state index in [9.17, 15) is 5.11 Å². The molecule has 0 aromatic heterocycles. The molecule has 2 atom stereocenters. The van der Waals surface area contributed by atoms with Crippen LogP contribution < -0.4 is 0 Å². The van der Waals surface area contributed by atoms with E-state index in [2.05, 4.69) is 64.1 Å². The van der Waals surface area contributed by atoms with Crippen molar-refractivity contribution in [3.63, 3.8) is 0 Å². The lowest BCUT2D eigenvalue weighted by Gasteiger charge is -2.37. The van der Waals surface area contributed by atoms with Crippen LogP contribution in [0.2, 0.25) is 0 Å². The predicted octanol–water partition coefficient (Wildman–Crippen LogP) is 21.1. The van der Waals surface area contributed by atoms with E-state index in [0.29, 0.717) is 18.6 Å². The highest BCUT2D eigenvalue weighted by Gasteiger charge is 2.47. The summed E-state index contributed by atoms with van der Waals surface area (Å²) in [4.78, 5) is 0. The minimum absolute atomic E-state index is 0.195. The first kappa shape index (κ1) is 59.9. The zero-order valence-electron chi connectivity index (χ0n) is 45.2. The number of phenolic OH excluding ortho intramolecular Hbond substituents is 1. The molecule has 0 saturated heterocycles. The van der Waals surface area contributed by atoms with Gasteiger partial charge in [-0.3, -0.25) is 4.57 Å². The number of unbranched alkanes of at least 4 members (excludes halogenated alkanes) is 30. The van der Waals surface area contributed by atoms with Crippen molar-refractivity contribution >= 4 is 7.60 Å². The van der Waals surface area contributed by atoms with Gasteiger partial charge in [0.05, 0.1) is 17.4 Å². The lowest BCUT2D eigenvalue weighted by molar-refractivity contribution is 0.104. The zero-order valence-corrected chi connectivity index (χ0v) is 46.1. The van der Waals surface area contributed by atoms with Gasteiger partial charge in [-0.25, -0.2) is 0 Å². The van der Waals surface area contributed by atoms with Crippen LogP contribution in [0.1, 0.15) is 288 Å². The molecule has 0 spiro atoms. The maximum absolute atomic E-state index is 15.7. The molecule has 5 heteroatoms. The normalized spacial score (nSPS) is 13.7. The summed E-state index contributed by atoms with van der Waals surface area (Å²) in [6.45, 7) is 12.9. The molecule has 0 aliphatic carbocycles. The Labute approximate surface area is 420 Å². The van der Waals surface area contributed by atoms with Crippen molar-refractivity contribution in [1.82, 2.24) is 0 Å². The maximum atomic E-state index is 15.7. The Hall–Kier alpha value is -2.39. The van der Waals surface area contributed by atoms with Crippen LogP contribution in [0.25, 0.3) is 0 Å². The average Bonchev–Trinajstić information content (AvgIpc) is 3.33. The Bertz CT molecular complexity index is 1580. The largest absolute Gasteiger partial charge is 0.507 e. The molecule has 0 aliphatic heterocycles. The van der Waals surface area contributed by atoms with Crippen molar-refractivity contribution in [1.29, 1.82) is 0 Å². The topological polar surface area (TPSA) is 55.8 Å². The molecule has 0 radical (unpaired) electrons. The number of hydrogen-bond donors (Lipinski definition) is 1. The maximum Gasteiger partial charge on any atom is 0.341 e. The van der Waals surface area contributed by atoms with Crippen molar-refractivity contribution in [2.75, 3.05) is 0 Å². The van der Waals surface area contributed by atoms with Crippen LogP contribution in [-0.4, -0.2) is 17.3 Å². The molecule has 1 N–H and O–H groups in total. The fourth-order valence-corrected chi connectivity index (χ4v) is 12.2. The highest BCUT2D eigenvalue weighted by molar-refractivity contribution is 7.55. The van der Waals surface area contributed by atoms with Crippen LogP contribution in [-0.2, 0) is 31.6 Å². The van der Waals surface area contributed by atoms with Gasteiger partial charge in [0.15, 0.2) is 0 Å². The Morgan fingerprint density at radius 3 is 0.985 bits per heavy atom. The molecule has 0 amide bonds. The molecule has 0 heterocycles. The van der Waals surface area contributed by atoms with E-state index in [4.69, 9.17) is 9.05 Å². The minimum Gasteiger partial charge on any atom is -0.507 e. The average molecular weight is 958 g/mol. The van der Waals surface area contributed by atoms with E-state index in [1.165, 1.54) is 193 Å².